The molecule has 0 aliphatic carbocycles. The number of carbonyl (C=O) groups is 4. The molecule has 1 amide bonds. The lowest BCUT2D eigenvalue weighted by molar-refractivity contribution is -0.149. The van der Waals surface area contributed by atoms with Gasteiger partial charge in [0.25, 0.3) is 5.91 Å². The summed E-state index contributed by atoms with van der Waals surface area (Å²) in [5.74, 6) is -3.87. The lowest BCUT2D eigenvalue weighted by atomic mass is 9.98. The summed E-state index contributed by atoms with van der Waals surface area (Å²) in [6.07, 6.45) is -0.140. The van der Waals surface area contributed by atoms with Crippen molar-refractivity contribution in [3.63, 3.8) is 0 Å². The third-order valence-electron chi connectivity index (χ3n) is 2.35. The number of ether oxygens (including phenoxy) is 2. The fourth-order valence-electron chi connectivity index (χ4n) is 1.43. The van der Waals surface area contributed by atoms with Crippen LogP contribution in [-0.4, -0.2) is 48.2 Å². The Kier molecular flexibility index (Phi) is 7.95. The van der Waals surface area contributed by atoms with E-state index >= 15 is 0 Å². The minimum atomic E-state index is -1.28. The highest BCUT2D eigenvalue weighted by molar-refractivity contribution is 5.86. The fourth-order valence-corrected chi connectivity index (χ4v) is 1.43. The molecule has 20 heavy (non-hydrogen) atoms. The maximum absolute atomic E-state index is 11.4. The Balaban J connectivity index is 4.48. The Labute approximate surface area is 116 Å². The predicted octanol–water partition coefficient (Wildman–Crippen LogP) is -0.292. The minimum absolute atomic E-state index is 0.140. The van der Waals surface area contributed by atoms with Gasteiger partial charge in [-0.15, -0.1) is 0 Å². The second kappa shape index (κ2) is 8.89. The highest BCUT2D eigenvalue weighted by Crippen LogP contribution is 2.10. The molecule has 0 aliphatic rings. The van der Waals surface area contributed by atoms with Crippen LogP contribution >= 0.6 is 0 Å². The molecule has 0 spiro atoms. The van der Waals surface area contributed by atoms with Crippen LogP contribution in [0.1, 0.15) is 27.2 Å². The zero-order valence-corrected chi connectivity index (χ0v) is 11.7. The number of carboxylic acids is 1. The van der Waals surface area contributed by atoms with Crippen molar-refractivity contribution in [2.45, 2.75) is 33.2 Å². The number of hydrogen-bond acceptors (Lipinski definition) is 6. The standard InChI is InChI=1S/C12H19NO7/c1-4-19-10(16)5-7(2)11(12(17)18)13-9(15)6-20-8(3)14/h7,11H,4-6H2,1-3H3,(H,13,15)(H,17,18)/t7-,11+/m0/s1. The fraction of sp³-hybridized carbons (Fsp3) is 0.667. The van der Waals surface area contributed by atoms with E-state index in [9.17, 15) is 19.2 Å². The van der Waals surface area contributed by atoms with E-state index in [0.29, 0.717) is 0 Å². The number of amides is 1. The molecule has 0 aromatic rings. The normalized spacial score (nSPS) is 12.9. The van der Waals surface area contributed by atoms with Crippen LogP contribution in [0.3, 0.4) is 0 Å². The van der Waals surface area contributed by atoms with Gasteiger partial charge in [0.05, 0.1) is 13.0 Å². The first kappa shape index (κ1) is 17.9. The Morgan fingerprint density at radius 3 is 2.25 bits per heavy atom. The van der Waals surface area contributed by atoms with Crippen molar-refractivity contribution in [1.29, 1.82) is 0 Å². The molecule has 0 heterocycles. The van der Waals surface area contributed by atoms with Crippen molar-refractivity contribution in [1.82, 2.24) is 5.32 Å². The van der Waals surface area contributed by atoms with Gasteiger partial charge in [0.15, 0.2) is 6.61 Å². The Morgan fingerprint density at radius 2 is 1.80 bits per heavy atom. The van der Waals surface area contributed by atoms with Crippen LogP contribution in [0.2, 0.25) is 0 Å². The summed E-state index contributed by atoms with van der Waals surface area (Å²) in [5, 5.41) is 11.2. The first-order valence-corrected chi connectivity index (χ1v) is 6.09. The Morgan fingerprint density at radius 1 is 1.20 bits per heavy atom. The molecule has 114 valence electrons. The van der Waals surface area contributed by atoms with E-state index in [-0.39, 0.29) is 13.0 Å². The first-order chi connectivity index (χ1) is 9.27. The molecule has 0 bridgehead atoms. The summed E-state index contributed by atoms with van der Waals surface area (Å²) in [6, 6.07) is -1.26. The van der Waals surface area contributed by atoms with Crippen LogP contribution in [0.5, 0.6) is 0 Å². The zero-order chi connectivity index (χ0) is 15.7. The molecule has 0 fully saturated rings. The maximum Gasteiger partial charge on any atom is 0.326 e. The summed E-state index contributed by atoms with van der Waals surface area (Å²) in [6.45, 7) is 3.90. The third-order valence-corrected chi connectivity index (χ3v) is 2.35. The van der Waals surface area contributed by atoms with E-state index in [4.69, 9.17) is 9.84 Å². The second-order valence-electron chi connectivity index (χ2n) is 4.15. The highest BCUT2D eigenvalue weighted by atomic mass is 16.5. The molecule has 0 saturated carbocycles. The van der Waals surface area contributed by atoms with Crippen LogP contribution in [0.4, 0.5) is 0 Å². The van der Waals surface area contributed by atoms with Crippen LogP contribution in [0, 0.1) is 5.92 Å². The molecule has 2 atom stereocenters. The van der Waals surface area contributed by atoms with Gasteiger partial charge in [0.2, 0.25) is 0 Å². The number of esters is 2. The smallest absolute Gasteiger partial charge is 0.326 e. The molecule has 0 aromatic heterocycles. The van der Waals surface area contributed by atoms with Gasteiger partial charge in [-0.2, -0.15) is 0 Å². The van der Waals surface area contributed by atoms with E-state index < -0.39 is 42.4 Å². The van der Waals surface area contributed by atoms with Gasteiger partial charge < -0.3 is 19.9 Å². The lowest BCUT2D eigenvalue weighted by Crippen LogP contribution is -2.47. The maximum atomic E-state index is 11.4. The van der Waals surface area contributed by atoms with Crippen molar-refractivity contribution in [2.24, 2.45) is 5.92 Å². The molecule has 0 unspecified atom stereocenters. The average Bonchev–Trinajstić information content (AvgIpc) is 2.32. The molecule has 0 saturated heterocycles. The summed E-state index contributed by atoms with van der Waals surface area (Å²) >= 11 is 0. The molecule has 2 N–H and O–H groups in total. The molecular formula is C12H19NO7. The number of aliphatic carboxylic acids is 1. The van der Waals surface area contributed by atoms with Crippen LogP contribution in [0.15, 0.2) is 0 Å². The van der Waals surface area contributed by atoms with Gasteiger partial charge in [-0.05, 0) is 12.8 Å². The van der Waals surface area contributed by atoms with Gasteiger partial charge in [-0.1, -0.05) is 6.92 Å². The van der Waals surface area contributed by atoms with Gasteiger partial charge in [-0.25, -0.2) is 4.79 Å². The number of hydrogen-bond donors (Lipinski definition) is 2. The van der Waals surface area contributed by atoms with E-state index in [1.54, 1.807) is 6.92 Å². The van der Waals surface area contributed by atoms with E-state index in [1.807, 2.05) is 0 Å². The lowest BCUT2D eigenvalue weighted by Gasteiger charge is -2.20. The molecule has 0 rings (SSSR count). The molecule has 8 heteroatoms. The van der Waals surface area contributed by atoms with Gasteiger partial charge in [0, 0.05) is 6.92 Å². The van der Waals surface area contributed by atoms with Crippen LogP contribution < -0.4 is 5.32 Å². The van der Waals surface area contributed by atoms with E-state index in [1.165, 1.54) is 6.92 Å². The Hall–Kier alpha value is -2.12. The van der Waals surface area contributed by atoms with Crippen molar-refractivity contribution < 1.29 is 33.8 Å². The number of carbonyl (C=O) groups excluding carboxylic acids is 3. The van der Waals surface area contributed by atoms with Crippen molar-refractivity contribution in [3.8, 4) is 0 Å². The largest absolute Gasteiger partial charge is 0.480 e. The monoisotopic (exact) mass is 289 g/mol. The summed E-state index contributed by atoms with van der Waals surface area (Å²) in [4.78, 5) is 44.3. The van der Waals surface area contributed by atoms with Crippen molar-refractivity contribution in [2.75, 3.05) is 13.2 Å². The SMILES string of the molecule is CCOC(=O)C[C@H](C)[C@@H](NC(=O)COC(C)=O)C(=O)O. The molecule has 0 radical (unpaired) electrons. The van der Waals surface area contributed by atoms with Crippen molar-refractivity contribution >= 4 is 23.8 Å². The highest BCUT2D eigenvalue weighted by Gasteiger charge is 2.28. The third kappa shape index (κ3) is 7.34. The van der Waals surface area contributed by atoms with Crippen LogP contribution in [0.25, 0.3) is 0 Å². The quantitative estimate of drug-likeness (QED) is 0.589. The zero-order valence-electron chi connectivity index (χ0n) is 11.7. The number of nitrogens with one attached hydrogen (secondary N) is 1. The second-order valence-corrected chi connectivity index (χ2v) is 4.15. The number of rotatable bonds is 8. The van der Waals surface area contributed by atoms with Crippen molar-refractivity contribution in [3.05, 3.63) is 0 Å². The molecule has 8 nitrogen and oxygen atoms in total. The Bertz CT molecular complexity index is 380. The van der Waals surface area contributed by atoms with E-state index in [2.05, 4.69) is 10.1 Å². The predicted molar refractivity (Wildman–Crippen MR) is 66.6 cm³/mol. The van der Waals surface area contributed by atoms with E-state index in [0.717, 1.165) is 6.92 Å². The summed E-state index contributed by atoms with van der Waals surface area (Å²) < 4.78 is 9.16. The molecule has 0 aliphatic heterocycles. The van der Waals surface area contributed by atoms with Crippen LogP contribution in [-0.2, 0) is 28.7 Å². The molecule has 0 aromatic carbocycles. The topological polar surface area (TPSA) is 119 Å². The van der Waals surface area contributed by atoms with Gasteiger partial charge in [-0.3, -0.25) is 14.4 Å². The molecular weight excluding hydrogens is 270 g/mol. The summed E-state index contributed by atoms with van der Waals surface area (Å²) in [7, 11) is 0. The minimum Gasteiger partial charge on any atom is -0.480 e. The first-order valence-electron chi connectivity index (χ1n) is 6.09. The average molecular weight is 289 g/mol. The van der Waals surface area contributed by atoms with Gasteiger partial charge in [0.1, 0.15) is 6.04 Å². The van der Waals surface area contributed by atoms with Gasteiger partial charge >= 0.3 is 17.9 Å². The number of carboxylic acid groups (broad SMARTS) is 1. The summed E-state index contributed by atoms with van der Waals surface area (Å²) in [5.41, 5.74) is 0.